The van der Waals surface area contributed by atoms with Crippen LogP contribution in [0.15, 0.2) is 54.7 Å². The van der Waals surface area contributed by atoms with E-state index in [4.69, 9.17) is 4.74 Å². The van der Waals surface area contributed by atoms with Crippen LogP contribution in [0.25, 0.3) is 17.0 Å². The summed E-state index contributed by atoms with van der Waals surface area (Å²) in [5, 5.41) is 2.94. The molecule has 148 valence electrons. The molecule has 5 nitrogen and oxygen atoms in total. The minimum atomic E-state index is -1.71. The summed E-state index contributed by atoms with van der Waals surface area (Å²) in [6.45, 7) is 1.26. The molecule has 0 bridgehead atoms. The molecule has 8 heteroatoms. The lowest BCUT2D eigenvalue weighted by Gasteiger charge is -2.13. The van der Waals surface area contributed by atoms with Crippen LogP contribution in [0.1, 0.15) is 12.5 Å². The molecule has 0 saturated heterocycles. The molecular weight excluding hydrogens is 385 g/mol. The molecule has 0 saturated carbocycles. The van der Waals surface area contributed by atoms with Crippen molar-refractivity contribution in [3.05, 3.63) is 77.8 Å². The molecule has 1 heterocycles. The van der Waals surface area contributed by atoms with Gasteiger partial charge >= 0.3 is 5.97 Å². The van der Waals surface area contributed by atoms with Gasteiger partial charge in [0.1, 0.15) is 0 Å². The van der Waals surface area contributed by atoms with E-state index in [9.17, 15) is 22.8 Å². The molecule has 1 N–H and O–H groups in total. The SMILES string of the molecule is CC(OC(=O)/C=C/c1cccc2cccnc12)C(=O)Nc1ccc(F)c(F)c1F. The van der Waals surface area contributed by atoms with Crippen LogP contribution in [0, 0.1) is 17.5 Å². The van der Waals surface area contributed by atoms with Gasteiger partial charge in [0, 0.05) is 23.2 Å². The van der Waals surface area contributed by atoms with Crippen LogP contribution in [0.4, 0.5) is 18.9 Å². The van der Waals surface area contributed by atoms with Crippen molar-refractivity contribution in [2.24, 2.45) is 0 Å². The fourth-order valence-corrected chi connectivity index (χ4v) is 2.54. The summed E-state index contributed by atoms with van der Waals surface area (Å²) < 4.78 is 44.8. The normalized spacial score (nSPS) is 12.1. The highest BCUT2D eigenvalue weighted by Crippen LogP contribution is 2.20. The summed E-state index contributed by atoms with van der Waals surface area (Å²) in [6.07, 6.45) is 2.95. The Hall–Kier alpha value is -3.68. The monoisotopic (exact) mass is 400 g/mol. The number of esters is 1. The molecule has 0 fully saturated rings. The number of ether oxygens (including phenoxy) is 1. The lowest BCUT2D eigenvalue weighted by Crippen LogP contribution is -2.29. The number of pyridine rings is 1. The van der Waals surface area contributed by atoms with Gasteiger partial charge in [-0.25, -0.2) is 18.0 Å². The Morgan fingerprint density at radius 1 is 1.07 bits per heavy atom. The van der Waals surface area contributed by atoms with Crippen molar-refractivity contribution in [1.82, 2.24) is 4.98 Å². The number of anilines is 1. The number of carbonyl (C=O) groups is 2. The van der Waals surface area contributed by atoms with Crippen LogP contribution in [0.3, 0.4) is 0 Å². The summed E-state index contributed by atoms with van der Waals surface area (Å²) >= 11 is 0. The Morgan fingerprint density at radius 2 is 1.83 bits per heavy atom. The fraction of sp³-hybridized carbons (Fsp3) is 0.0952. The van der Waals surface area contributed by atoms with Gasteiger partial charge in [0.05, 0.1) is 11.2 Å². The first kappa shape index (κ1) is 20.1. The van der Waals surface area contributed by atoms with E-state index in [0.29, 0.717) is 17.1 Å². The van der Waals surface area contributed by atoms with Gasteiger partial charge < -0.3 is 10.1 Å². The number of benzene rings is 2. The quantitative estimate of drug-likeness (QED) is 0.395. The third-order valence-electron chi connectivity index (χ3n) is 4.02. The number of nitrogens with one attached hydrogen (secondary N) is 1. The zero-order valence-electron chi connectivity index (χ0n) is 15.2. The summed E-state index contributed by atoms with van der Waals surface area (Å²) in [7, 11) is 0. The molecular formula is C21H15F3N2O3. The molecule has 0 aliphatic carbocycles. The Bertz CT molecular complexity index is 1110. The number of hydrogen-bond donors (Lipinski definition) is 1. The lowest BCUT2D eigenvalue weighted by atomic mass is 10.1. The lowest BCUT2D eigenvalue weighted by molar-refractivity contribution is -0.148. The number of nitrogens with zero attached hydrogens (tertiary/aromatic N) is 1. The average Bonchev–Trinajstić information content (AvgIpc) is 2.72. The van der Waals surface area contributed by atoms with Crippen LogP contribution in [-0.2, 0) is 14.3 Å². The molecule has 0 aliphatic rings. The third-order valence-corrected chi connectivity index (χ3v) is 4.02. The molecule has 1 unspecified atom stereocenters. The second-order valence-electron chi connectivity index (χ2n) is 6.05. The maximum absolute atomic E-state index is 13.6. The largest absolute Gasteiger partial charge is 0.449 e. The highest BCUT2D eigenvalue weighted by molar-refractivity contribution is 5.97. The number of halogens is 3. The Balaban J connectivity index is 1.65. The van der Waals surface area contributed by atoms with Crippen molar-refractivity contribution in [2.45, 2.75) is 13.0 Å². The number of carbonyl (C=O) groups excluding carboxylic acids is 2. The van der Waals surface area contributed by atoms with E-state index in [-0.39, 0.29) is 0 Å². The van der Waals surface area contributed by atoms with Crippen molar-refractivity contribution in [1.29, 1.82) is 0 Å². The maximum Gasteiger partial charge on any atom is 0.331 e. The van der Waals surface area contributed by atoms with Crippen molar-refractivity contribution < 1.29 is 27.5 Å². The Labute approximate surface area is 163 Å². The van der Waals surface area contributed by atoms with Crippen LogP contribution < -0.4 is 5.32 Å². The van der Waals surface area contributed by atoms with Crippen LogP contribution in [-0.4, -0.2) is 23.0 Å². The van der Waals surface area contributed by atoms with Gasteiger partial charge in [-0.3, -0.25) is 9.78 Å². The number of rotatable bonds is 5. The summed E-state index contributed by atoms with van der Waals surface area (Å²) in [6, 6.07) is 10.7. The predicted molar refractivity (Wildman–Crippen MR) is 101 cm³/mol. The highest BCUT2D eigenvalue weighted by atomic mass is 19.2. The van der Waals surface area contributed by atoms with E-state index >= 15 is 0 Å². The molecule has 1 amide bonds. The van der Waals surface area contributed by atoms with Crippen molar-refractivity contribution in [3.8, 4) is 0 Å². The van der Waals surface area contributed by atoms with Crippen LogP contribution >= 0.6 is 0 Å². The zero-order valence-corrected chi connectivity index (χ0v) is 15.2. The Morgan fingerprint density at radius 3 is 2.62 bits per heavy atom. The van der Waals surface area contributed by atoms with Gasteiger partial charge in [-0.15, -0.1) is 0 Å². The van der Waals surface area contributed by atoms with Gasteiger partial charge in [-0.2, -0.15) is 0 Å². The second-order valence-corrected chi connectivity index (χ2v) is 6.05. The van der Waals surface area contributed by atoms with Gasteiger partial charge in [0.15, 0.2) is 23.6 Å². The second kappa shape index (κ2) is 8.55. The van der Waals surface area contributed by atoms with Crippen molar-refractivity contribution in [3.63, 3.8) is 0 Å². The van der Waals surface area contributed by atoms with Crippen molar-refractivity contribution >= 4 is 34.5 Å². The summed E-state index contributed by atoms with van der Waals surface area (Å²) in [4.78, 5) is 28.3. The van der Waals surface area contributed by atoms with Gasteiger partial charge in [0.25, 0.3) is 5.91 Å². The highest BCUT2D eigenvalue weighted by Gasteiger charge is 2.20. The summed E-state index contributed by atoms with van der Waals surface area (Å²) in [5.74, 6) is -6.35. The smallest absolute Gasteiger partial charge is 0.331 e. The van der Waals surface area contributed by atoms with Gasteiger partial charge in [-0.05, 0) is 31.2 Å². The number of amides is 1. The Kier molecular flexibility index (Phi) is 5.92. The number of aromatic nitrogens is 1. The number of hydrogen-bond acceptors (Lipinski definition) is 4. The third kappa shape index (κ3) is 4.60. The van der Waals surface area contributed by atoms with Crippen LogP contribution in [0.5, 0.6) is 0 Å². The van der Waals surface area contributed by atoms with E-state index in [0.717, 1.165) is 17.5 Å². The van der Waals surface area contributed by atoms with E-state index < -0.39 is 41.1 Å². The van der Waals surface area contributed by atoms with Gasteiger partial charge in [-0.1, -0.05) is 24.3 Å². The summed E-state index contributed by atoms with van der Waals surface area (Å²) in [5.41, 5.74) is 0.814. The van der Waals surface area contributed by atoms with E-state index in [1.165, 1.54) is 13.0 Å². The van der Waals surface area contributed by atoms with E-state index in [1.807, 2.05) is 23.5 Å². The van der Waals surface area contributed by atoms with Gasteiger partial charge in [0.2, 0.25) is 0 Å². The van der Waals surface area contributed by atoms with E-state index in [1.54, 1.807) is 18.3 Å². The first-order valence-electron chi connectivity index (χ1n) is 8.53. The van der Waals surface area contributed by atoms with Crippen molar-refractivity contribution in [2.75, 3.05) is 5.32 Å². The minimum absolute atomic E-state index is 0.561. The molecule has 0 spiro atoms. The molecule has 3 rings (SSSR count). The minimum Gasteiger partial charge on any atom is -0.449 e. The number of fused-ring (bicyclic) bond motifs is 1. The molecule has 2 aromatic carbocycles. The zero-order chi connectivity index (χ0) is 21.0. The maximum atomic E-state index is 13.6. The predicted octanol–water partition coefficient (Wildman–Crippen LogP) is 4.24. The first-order chi connectivity index (χ1) is 13.9. The molecule has 0 aliphatic heterocycles. The fourth-order valence-electron chi connectivity index (χ4n) is 2.54. The molecule has 3 aromatic rings. The first-order valence-corrected chi connectivity index (χ1v) is 8.53. The standard InChI is InChI=1S/C21H15F3N2O3/c1-12(21(28)26-16-9-8-15(22)18(23)19(16)24)29-17(27)10-7-14-5-2-4-13-6-3-11-25-20(13)14/h2-12H,1H3,(H,26,28)/b10-7+. The average molecular weight is 400 g/mol. The van der Waals surface area contributed by atoms with Crippen LogP contribution in [0.2, 0.25) is 0 Å². The molecule has 1 aromatic heterocycles. The topological polar surface area (TPSA) is 68.3 Å². The van der Waals surface area contributed by atoms with E-state index in [2.05, 4.69) is 4.98 Å². The molecule has 0 radical (unpaired) electrons. The number of para-hydroxylation sites is 1. The molecule has 29 heavy (non-hydrogen) atoms. The molecule has 1 atom stereocenters.